The molecule has 1 N–H and O–H groups in total. The van der Waals surface area contributed by atoms with Gasteiger partial charge in [-0.1, -0.05) is 5.16 Å². The van der Waals surface area contributed by atoms with Crippen molar-refractivity contribution in [1.82, 2.24) is 4.90 Å². The van der Waals surface area contributed by atoms with Gasteiger partial charge in [-0.25, -0.2) is 4.99 Å². The van der Waals surface area contributed by atoms with Gasteiger partial charge in [0.15, 0.2) is 5.60 Å². The van der Waals surface area contributed by atoms with Crippen LogP contribution in [0.25, 0.3) is 0 Å². The molecule has 1 aromatic carbocycles. The van der Waals surface area contributed by atoms with E-state index in [1.807, 2.05) is 18.9 Å². The normalized spacial score (nSPS) is 14.6. The van der Waals surface area contributed by atoms with E-state index < -0.39 is 23.8 Å². The van der Waals surface area contributed by atoms with Crippen LogP contribution < -0.4 is 4.74 Å². The number of methoxy groups -OCH3 is 1. The van der Waals surface area contributed by atoms with Gasteiger partial charge < -0.3 is 19.6 Å². The van der Waals surface area contributed by atoms with Crippen LogP contribution in [0.5, 0.6) is 5.75 Å². The van der Waals surface area contributed by atoms with Gasteiger partial charge in [-0.2, -0.15) is 13.2 Å². The van der Waals surface area contributed by atoms with Gasteiger partial charge in [-0.05, 0) is 32.4 Å². The second-order valence-corrected chi connectivity index (χ2v) is 5.92. The number of aliphatic hydroxyl groups is 1. The molecule has 0 aliphatic carbocycles. The van der Waals surface area contributed by atoms with E-state index in [9.17, 15) is 18.3 Å². The van der Waals surface area contributed by atoms with Gasteiger partial charge in [0.2, 0.25) is 0 Å². The minimum Gasteiger partial charge on any atom is -0.496 e. The Morgan fingerprint density at radius 1 is 1.26 bits per heavy atom. The molecule has 152 valence electrons. The molecule has 27 heavy (non-hydrogen) atoms. The van der Waals surface area contributed by atoms with Crippen molar-refractivity contribution in [2.45, 2.75) is 39.0 Å². The van der Waals surface area contributed by atoms with Crippen molar-refractivity contribution in [2.24, 2.45) is 10.1 Å². The van der Waals surface area contributed by atoms with Gasteiger partial charge in [-0.3, -0.25) is 0 Å². The summed E-state index contributed by atoms with van der Waals surface area (Å²) in [5, 5.41) is 13.9. The molecule has 0 aromatic heterocycles. The fraction of sp³-hybridized carbons (Fsp3) is 0.556. The molecule has 0 heterocycles. The third-order valence-corrected chi connectivity index (χ3v) is 3.99. The Morgan fingerprint density at radius 2 is 1.93 bits per heavy atom. The molecule has 0 amide bonds. The maximum Gasteiger partial charge on any atom is 0.421 e. The number of aliphatic imine (C=N–C) groups is 1. The average Bonchev–Trinajstić information content (AvgIpc) is 2.62. The number of halogens is 3. The van der Waals surface area contributed by atoms with Crippen LogP contribution in [-0.4, -0.2) is 56.0 Å². The Kier molecular flexibility index (Phi) is 8.08. The van der Waals surface area contributed by atoms with Crippen molar-refractivity contribution >= 4 is 18.2 Å². The summed E-state index contributed by atoms with van der Waals surface area (Å²) in [5.74, 6) is -0.114. The van der Waals surface area contributed by atoms with Crippen LogP contribution >= 0.6 is 0 Å². The lowest BCUT2D eigenvalue weighted by molar-refractivity contribution is -0.263. The number of aryl methyl sites for hydroxylation is 1. The number of hydrogen-bond donors (Lipinski definition) is 1. The minimum atomic E-state index is -4.95. The van der Waals surface area contributed by atoms with Crippen LogP contribution in [0.1, 0.15) is 31.4 Å². The lowest BCUT2D eigenvalue weighted by Gasteiger charge is -2.31. The first-order chi connectivity index (χ1) is 12.6. The Balaban J connectivity index is 3.41. The van der Waals surface area contributed by atoms with Crippen molar-refractivity contribution < 1.29 is 27.9 Å². The summed E-state index contributed by atoms with van der Waals surface area (Å²) >= 11 is 0. The maximum atomic E-state index is 13.7. The number of nitrogens with zero attached hydrogens (tertiary/aromatic N) is 3. The van der Waals surface area contributed by atoms with E-state index in [-0.39, 0.29) is 12.4 Å². The second kappa shape index (κ2) is 9.59. The summed E-state index contributed by atoms with van der Waals surface area (Å²) < 4.78 is 46.2. The molecule has 0 aliphatic heterocycles. The highest BCUT2D eigenvalue weighted by Gasteiger charge is 2.56. The molecule has 0 bridgehead atoms. The van der Waals surface area contributed by atoms with E-state index in [0.29, 0.717) is 11.3 Å². The lowest BCUT2D eigenvalue weighted by Crippen LogP contribution is -2.43. The van der Waals surface area contributed by atoms with Crippen molar-refractivity contribution in [1.29, 1.82) is 0 Å². The van der Waals surface area contributed by atoms with E-state index in [1.165, 1.54) is 19.2 Å². The second-order valence-electron chi connectivity index (χ2n) is 5.92. The highest BCUT2D eigenvalue weighted by molar-refractivity contribution is 5.66. The Morgan fingerprint density at radius 3 is 2.44 bits per heavy atom. The SMILES string of the molecule is CCO/N=C/CC(O)(c1cc(C)c(/N=C\N(C)CC)cc1OC)C(F)(F)F. The number of oxime groups is 1. The number of alkyl halides is 3. The molecule has 0 aliphatic rings. The molecule has 0 saturated carbocycles. The number of ether oxygens (including phenoxy) is 1. The Bertz CT molecular complexity index is 678. The van der Waals surface area contributed by atoms with E-state index >= 15 is 0 Å². The summed E-state index contributed by atoms with van der Waals surface area (Å²) in [4.78, 5) is 10.8. The summed E-state index contributed by atoms with van der Waals surface area (Å²) in [6.45, 7) is 6.14. The molecule has 1 rings (SSSR count). The monoisotopic (exact) mass is 389 g/mol. The molecule has 0 spiro atoms. The van der Waals surface area contributed by atoms with Crippen LogP contribution in [0, 0.1) is 6.92 Å². The highest BCUT2D eigenvalue weighted by Crippen LogP contribution is 2.46. The van der Waals surface area contributed by atoms with Gasteiger partial charge in [0.25, 0.3) is 0 Å². The zero-order chi connectivity index (χ0) is 20.7. The summed E-state index contributed by atoms with van der Waals surface area (Å²) in [7, 11) is 3.06. The topological polar surface area (TPSA) is 66.7 Å². The summed E-state index contributed by atoms with van der Waals surface area (Å²) in [6.07, 6.45) is -3.29. The summed E-state index contributed by atoms with van der Waals surface area (Å²) in [6, 6.07) is 2.61. The molecule has 1 aromatic rings. The fourth-order valence-corrected chi connectivity index (χ4v) is 2.23. The molecule has 0 saturated heterocycles. The van der Waals surface area contributed by atoms with Crippen LogP contribution in [-0.2, 0) is 10.4 Å². The predicted molar refractivity (Wildman–Crippen MR) is 98.9 cm³/mol. The first-order valence-electron chi connectivity index (χ1n) is 8.47. The zero-order valence-corrected chi connectivity index (χ0v) is 16.2. The molecule has 0 radical (unpaired) electrons. The predicted octanol–water partition coefficient (Wildman–Crippen LogP) is 3.78. The molecular weight excluding hydrogens is 363 g/mol. The largest absolute Gasteiger partial charge is 0.496 e. The average molecular weight is 389 g/mol. The Hall–Kier alpha value is -2.29. The van der Waals surface area contributed by atoms with Gasteiger partial charge in [0.05, 0.1) is 19.1 Å². The molecule has 1 unspecified atom stereocenters. The van der Waals surface area contributed by atoms with E-state index in [2.05, 4.69) is 15.0 Å². The van der Waals surface area contributed by atoms with Crippen molar-refractivity contribution in [2.75, 3.05) is 27.3 Å². The third kappa shape index (κ3) is 5.59. The lowest BCUT2D eigenvalue weighted by atomic mass is 9.88. The van der Waals surface area contributed by atoms with Gasteiger partial charge >= 0.3 is 6.18 Å². The molecular formula is C18H26F3N3O3. The van der Waals surface area contributed by atoms with Crippen LogP contribution in [0.15, 0.2) is 22.3 Å². The number of rotatable bonds is 9. The summed E-state index contributed by atoms with van der Waals surface area (Å²) in [5.41, 5.74) is -2.66. The quantitative estimate of drug-likeness (QED) is 0.397. The highest BCUT2D eigenvalue weighted by atomic mass is 19.4. The van der Waals surface area contributed by atoms with Crippen molar-refractivity contribution in [3.8, 4) is 5.75 Å². The molecule has 6 nitrogen and oxygen atoms in total. The Labute approximate surface area is 157 Å². The maximum absolute atomic E-state index is 13.7. The van der Waals surface area contributed by atoms with Crippen molar-refractivity contribution in [3.63, 3.8) is 0 Å². The third-order valence-electron chi connectivity index (χ3n) is 3.99. The van der Waals surface area contributed by atoms with Crippen LogP contribution in [0.4, 0.5) is 18.9 Å². The molecule has 0 fully saturated rings. The smallest absolute Gasteiger partial charge is 0.421 e. The van der Waals surface area contributed by atoms with Gasteiger partial charge in [-0.15, -0.1) is 0 Å². The fourth-order valence-electron chi connectivity index (χ4n) is 2.23. The van der Waals surface area contributed by atoms with Crippen LogP contribution in [0.2, 0.25) is 0 Å². The molecule has 9 heteroatoms. The minimum absolute atomic E-state index is 0.114. The van der Waals surface area contributed by atoms with E-state index in [1.54, 1.807) is 20.2 Å². The van der Waals surface area contributed by atoms with E-state index in [4.69, 9.17) is 4.74 Å². The number of hydrogen-bond acceptors (Lipinski definition) is 5. The number of benzene rings is 1. The van der Waals surface area contributed by atoms with Gasteiger partial charge in [0.1, 0.15) is 12.4 Å². The zero-order valence-electron chi connectivity index (χ0n) is 16.2. The van der Waals surface area contributed by atoms with E-state index in [0.717, 1.165) is 12.8 Å². The first-order valence-corrected chi connectivity index (χ1v) is 8.47. The van der Waals surface area contributed by atoms with Crippen molar-refractivity contribution in [3.05, 3.63) is 23.3 Å². The van der Waals surface area contributed by atoms with Gasteiger partial charge in [0, 0.05) is 37.9 Å². The standard InChI is InChI=1S/C18H26F3N3O3/c1-6-24(4)12-22-15-11-16(26-5)14(10-13(15)3)17(25,18(19,20)21)8-9-23-27-7-2/h9-12,25H,6-8H2,1-5H3/b22-12-,23-9+. The van der Waals surface area contributed by atoms with Crippen LogP contribution in [0.3, 0.4) is 0 Å². The first kappa shape index (κ1) is 22.8. The molecule has 1 atom stereocenters.